The van der Waals surface area contributed by atoms with Crippen molar-refractivity contribution in [2.24, 2.45) is 0 Å². The van der Waals surface area contributed by atoms with E-state index in [4.69, 9.17) is 0 Å². The Morgan fingerprint density at radius 2 is 1.23 bits per heavy atom. The van der Waals surface area contributed by atoms with Crippen LogP contribution in [0.4, 0.5) is 11.4 Å². The lowest BCUT2D eigenvalue weighted by Gasteiger charge is -2.44. The van der Waals surface area contributed by atoms with Crippen molar-refractivity contribution in [3.05, 3.63) is 96.1 Å². The number of hydrogen-bond acceptors (Lipinski definition) is 5. The fourth-order valence-electron chi connectivity index (χ4n) is 4.98. The summed E-state index contributed by atoms with van der Waals surface area (Å²) in [7, 11) is -6.50. The highest BCUT2D eigenvalue weighted by atomic mass is 32.2. The van der Waals surface area contributed by atoms with Crippen LogP contribution in [0.3, 0.4) is 0 Å². The monoisotopic (exact) mass is 506 g/mol. The van der Waals surface area contributed by atoms with E-state index in [2.05, 4.69) is 11.0 Å². The van der Waals surface area contributed by atoms with Crippen molar-refractivity contribution in [3.63, 3.8) is 0 Å². The van der Waals surface area contributed by atoms with Gasteiger partial charge in [0.25, 0.3) is 7.44 Å². The molecule has 2 aliphatic heterocycles. The highest BCUT2D eigenvalue weighted by Gasteiger charge is 2.52. The van der Waals surface area contributed by atoms with E-state index in [1.807, 2.05) is 82.1 Å². The summed E-state index contributed by atoms with van der Waals surface area (Å²) in [5.74, 6) is -0.485. The fraction of sp³-hybridized carbons (Fsp3) is 0.269. The minimum Gasteiger partial charge on any atom is -0.304 e. The number of benzene rings is 3. The molecule has 9 heteroatoms. The molecule has 2 aliphatic rings. The van der Waals surface area contributed by atoms with Crippen LogP contribution in [0.5, 0.6) is 0 Å². The first-order valence-corrected chi connectivity index (χ1v) is 15.1. The van der Waals surface area contributed by atoms with Crippen molar-refractivity contribution in [1.82, 2.24) is 4.90 Å². The summed E-state index contributed by atoms with van der Waals surface area (Å²) >= 11 is 0. The highest BCUT2D eigenvalue weighted by molar-refractivity contribution is 7.91. The Hall–Kier alpha value is -3.11. The van der Waals surface area contributed by atoms with Gasteiger partial charge >= 0.3 is 0 Å². The van der Waals surface area contributed by atoms with Crippen LogP contribution in [0.25, 0.3) is 0 Å². The molecule has 2 fully saturated rings. The van der Waals surface area contributed by atoms with E-state index in [0.29, 0.717) is 31.7 Å². The van der Waals surface area contributed by atoms with Crippen molar-refractivity contribution in [2.45, 2.75) is 5.78 Å². The SMILES string of the molecule is N#Cc1ccc(C(N2CCS(=O)(=O)CC2)P2(=O)N(c3ccccc3)CCN2c2ccccc2)cc1. The van der Waals surface area contributed by atoms with Crippen LogP contribution in [0.15, 0.2) is 84.9 Å². The molecule has 0 spiro atoms. The second-order valence-corrected chi connectivity index (χ2v) is 13.7. The molecule has 0 radical (unpaired) electrons. The molecule has 5 rings (SSSR count). The van der Waals surface area contributed by atoms with E-state index < -0.39 is 23.1 Å². The molecule has 1 atom stereocenters. The maximum atomic E-state index is 15.6. The lowest BCUT2D eigenvalue weighted by molar-refractivity contribution is 0.267. The van der Waals surface area contributed by atoms with Gasteiger partial charge in [0.1, 0.15) is 5.78 Å². The quantitative estimate of drug-likeness (QED) is 0.471. The van der Waals surface area contributed by atoms with Crippen molar-refractivity contribution in [1.29, 1.82) is 5.26 Å². The maximum absolute atomic E-state index is 15.6. The number of rotatable bonds is 5. The predicted molar refractivity (Wildman–Crippen MR) is 139 cm³/mol. The maximum Gasteiger partial charge on any atom is 0.284 e. The van der Waals surface area contributed by atoms with Crippen LogP contribution in [0.1, 0.15) is 16.9 Å². The molecule has 0 amide bonds. The van der Waals surface area contributed by atoms with Crippen LogP contribution < -0.4 is 9.34 Å². The number of nitrogens with zero attached hydrogens (tertiary/aromatic N) is 4. The first-order chi connectivity index (χ1) is 16.9. The van der Waals surface area contributed by atoms with Crippen LogP contribution in [-0.2, 0) is 14.4 Å². The summed E-state index contributed by atoms with van der Waals surface area (Å²) in [6.45, 7) is 1.77. The van der Waals surface area contributed by atoms with Crippen LogP contribution in [-0.4, -0.2) is 51.0 Å². The van der Waals surface area contributed by atoms with Crippen LogP contribution >= 0.6 is 7.44 Å². The smallest absolute Gasteiger partial charge is 0.284 e. The Morgan fingerprint density at radius 3 is 1.69 bits per heavy atom. The van der Waals surface area contributed by atoms with Gasteiger partial charge in [-0.1, -0.05) is 48.5 Å². The molecule has 180 valence electrons. The summed E-state index contributed by atoms with van der Waals surface area (Å²) in [4.78, 5) is 2.06. The third-order valence-corrected chi connectivity index (χ3v) is 11.8. The standard InChI is InChI=1S/C26H27N4O3PS/c27-21-22-11-13-23(14-12-22)26(28-17-19-35(32,33)20-18-28)34(31)29(24-7-3-1-4-8-24)15-16-30(34)25-9-5-2-6-10-25/h1-14,26H,15-20H2. The van der Waals surface area contributed by atoms with E-state index in [1.54, 1.807) is 12.1 Å². The van der Waals surface area contributed by atoms with Gasteiger partial charge in [-0.2, -0.15) is 5.26 Å². The van der Waals surface area contributed by atoms with Gasteiger partial charge in [0, 0.05) is 37.6 Å². The molecule has 2 heterocycles. The zero-order chi connectivity index (χ0) is 24.5. The number of hydrogen-bond donors (Lipinski definition) is 0. The van der Waals surface area contributed by atoms with Gasteiger partial charge in [0.15, 0.2) is 9.84 Å². The van der Waals surface area contributed by atoms with Crippen molar-refractivity contribution >= 4 is 28.7 Å². The molecule has 0 bridgehead atoms. The predicted octanol–water partition coefficient (Wildman–Crippen LogP) is 4.51. The number of nitriles is 1. The fourth-order valence-corrected chi connectivity index (χ4v) is 9.89. The normalized spacial score (nSPS) is 20.3. The second kappa shape index (κ2) is 9.50. The molecule has 0 aliphatic carbocycles. The van der Waals surface area contributed by atoms with E-state index in [-0.39, 0.29) is 11.5 Å². The van der Waals surface area contributed by atoms with E-state index in [9.17, 15) is 13.7 Å². The topological polar surface area (TPSA) is 84.7 Å². The van der Waals surface area contributed by atoms with Crippen LogP contribution in [0.2, 0.25) is 0 Å². The van der Waals surface area contributed by atoms with Gasteiger partial charge < -0.3 is 9.34 Å². The zero-order valence-electron chi connectivity index (χ0n) is 19.3. The average Bonchev–Trinajstić information content (AvgIpc) is 3.24. The summed E-state index contributed by atoms with van der Waals surface area (Å²) in [6, 6.07) is 28.9. The van der Waals surface area contributed by atoms with Gasteiger partial charge in [-0.25, -0.2) is 8.42 Å². The highest BCUT2D eigenvalue weighted by Crippen LogP contribution is 2.69. The largest absolute Gasteiger partial charge is 0.304 e. The molecule has 1 unspecified atom stereocenters. The molecule has 3 aromatic rings. The average molecular weight is 507 g/mol. The van der Waals surface area contributed by atoms with Crippen molar-refractivity contribution in [3.8, 4) is 6.07 Å². The van der Waals surface area contributed by atoms with Gasteiger partial charge in [0.05, 0.1) is 23.1 Å². The Bertz CT molecular complexity index is 1310. The first kappa shape index (κ1) is 23.6. The zero-order valence-corrected chi connectivity index (χ0v) is 21.0. The third-order valence-electron chi connectivity index (χ3n) is 6.71. The molecule has 35 heavy (non-hydrogen) atoms. The summed E-state index contributed by atoms with van der Waals surface area (Å²) in [6.07, 6.45) is 0. The molecule has 0 N–H and O–H groups in total. The molecule has 2 saturated heterocycles. The van der Waals surface area contributed by atoms with Gasteiger partial charge in [-0.05, 0) is 42.0 Å². The Balaban J connectivity index is 1.68. The van der Waals surface area contributed by atoms with Gasteiger partial charge in [-0.15, -0.1) is 0 Å². The Labute approximate surface area is 206 Å². The number of anilines is 2. The van der Waals surface area contributed by atoms with Crippen molar-refractivity contribution in [2.75, 3.05) is 47.0 Å². The molecule has 0 saturated carbocycles. The minimum absolute atomic E-state index is 0.0381. The molecular weight excluding hydrogens is 479 g/mol. The van der Waals surface area contributed by atoms with Gasteiger partial charge in [0.2, 0.25) is 0 Å². The van der Waals surface area contributed by atoms with E-state index in [0.717, 1.165) is 16.9 Å². The van der Waals surface area contributed by atoms with E-state index >= 15 is 4.57 Å². The Morgan fingerprint density at radius 1 is 0.743 bits per heavy atom. The van der Waals surface area contributed by atoms with E-state index in [1.165, 1.54) is 0 Å². The van der Waals surface area contributed by atoms with Gasteiger partial charge in [-0.3, -0.25) is 9.46 Å². The lowest BCUT2D eigenvalue weighted by Crippen LogP contribution is -2.44. The number of sulfone groups is 1. The molecule has 0 aromatic heterocycles. The summed E-state index contributed by atoms with van der Waals surface area (Å²) in [5, 5.41) is 9.32. The third kappa shape index (κ3) is 4.48. The molecular formula is C26H27N4O3PS. The molecule has 7 nitrogen and oxygen atoms in total. The Kier molecular flexibility index (Phi) is 6.41. The molecule has 3 aromatic carbocycles. The summed E-state index contributed by atoms with van der Waals surface area (Å²) < 4.78 is 44.1. The first-order valence-electron chi connectivity index (χ1n) is 11.6. The lowest BCUT2D eigenvalue weighted by atomic mass is 10.1. The van der Waals surface area contributed by atoms with Crippen molar-refractivity contribution < 1.29 is 13.0 Å². The second-order valence-electron chi connectivity index (χ2n) is 8.80. The van der Waals surface area contributed by atoms with Crippen LogP contribution in [0, 0.1) is 11.3 Å². The number of para-hydroxylation sites is 2. The summed E-state index contributed by atoms with van der Waals surface area (Å²) in [5.41, 5.74) is 3.09. The minimum atomic E-state index is -3.39.